The molecule has 2 fully saturated rings. The number of benzene rings is 1. The molecule has 37 heavy (non-hydrogen) atoms. The number of ether oxygens (including phenoxy) is 3. The number of carbonyl (C=O) groups is 3. The highest BCUT2D eigenvalue weighted by Crippen LogP contribution is 2.33. The minimum absolute atomic E-state index is 0.00890. The van der Waals surface area contributed by atoms with Gasteiger partial charge in [0.15, 0.2) is 6.10 Å². The van der Waals surface area contributed by atoms with Crippen molar-refractivity contribution in [1.29, 1.82) is 0 Å². The highest BCUT2D eigenvalue weighted by molar-refractivity contribution is 6.04. The minimum Gasteiger partial charge on any atom is -0.479 e. The molecule has 1 saturated carbocycles. The van der Waals surface area contributed by atoms with Crippen LogP contribution >= 0.6 is 0 Å². The Balaban J connectivity index is 1.21. The number of aromatic nitrogens is 1. The molecule has 0 radical (unpaired) electrons. The predicted molar refractivity (Wildman–Crippen MR) is 130 cm³/mol. The van der Waals surface area contributed by atoms with E-state index in [0.717, 1.165) is 0 Å². The SMILES string of the molecule is COCCNC(=O)CN1Cc2c(F)cc(N3CC[C@@H](Oc4ccc(OCC5CC5)nc4)C3=O)cc2C1=O. The molecule has 0 unspecified atom stereocenters. The van der Waals surface area contributed by atoms with Crippen LogP contribution < -0.4 is 19.7 Å². The number of fused-ring (bicyclic) bond motifs is 1. The number of hydrogen-bond donors (Lipinski definition) is 1. The lowest BCUT2D eigenvalue weighted by Crippen LogP contribution is -2.38. The third-order valence-electron chi connectivity index (χ3n) is 6.63. The second-order valence-corrected chi connectivity index (χ2v) is 9.43. The van der Waals surface area contributed by atoms with Gasteiger partial charge in [0.1, 0.15) is 18.1 Å². The molecular formula is C26H29FN4O6. The summed E-state index contributed by atoms with van der Waals surface area (Å²) in [4.78, 5) is 45.0. The van der Waals surface area contributed by atoms with Gasteiger partial charge in [0.25, 0.3) is 11.8 Å². The Kier molecular flexibility index (Phi) is 7.22. The molecule has 196 valence electrons. The lowest BCUT2D eigenvalue weighted by Gasteiger charge is -2.18. The van der Waals surface area contributed by atoms with Crippen molar-refractivity contribution in [1.82, 2.24) is 15.2 Å². The fourth-order valence-electron chi connectivity index (χ4n) is 4.41. The van der Waals surface area contributed by atoms with E-state index in [1.165, 1.54) is 48.1 Å². The molecule has 3 aliphatic rings. The molecule has 0 spiro atoms. The first-order chi connectivity index (χ1) is 17.9. The maximum Gasteiger partial charge on any atom is 0.268 e. The minimum atomic E-state index is -0.751. The third kappa shape index (κ3) is 5.66. The van der Waals surface area contributed by atoms with Crippen LogP contribution in [0.5, 0.6) is 11.6 Å². The first kappa shape index (κ1) is 24.9. The van der Waals surface area contributed by atoms with Gasteiger partial charge in [-0.25, -0.2) is 9.37 Å². The van der Waals surface area contributed by atoms with Crippen LogP contribution in [-0.2, 0) is 20.9 Å². The average molecular weight is 513 g/mol. The van der Waals surface area contributed by atoms with Gasteiger partial charge >= 0.3 is 0 Å². The smallest absolute Gasteiger partial charge is 0.268 e. The summed E-state index contributed by atoms with van der Waals surface area (Å²) in [6.45, 7) is 1.44. The number of halogens is 1. The van der Waals surface area contributed by atoms with E-state index in [2.05, 4.69) is 10.3 Å². The van der Waals surface area contributed by atoms with E-state index >= 15 is 0 Å². The van der Waals surface area contributed by atoms with Crippen molar-refractivity contribution in [3.05, 3.63) is 47.4 Å². The maximum atomic E-state index is 15.0. The van der Waals surface area contributed by atoms with Gasteiger partial charge in [0, 0.05) is 49.5 Å². The quantitative estimate of drug-likeness (QED) is 0.458. The third-order valence-corrected chi connectivity index (χ3v) is 6.63. The first-order valence-corrected chi connectivity index (χ1v) is 12.4. The van der Waals surface area contributed by atoms with Crippen LogP contribution in [0.3, 0.4) is 0 Å². The Morgan fingerprint density at radius 2 is 2.05 bits per heavy atom. The van der Waals surface area contributed by atoms with Crippen molar-refractivity contribution in [3.8, 4) is 11.6 Å². The van der Waals surface area contributed by atoms with Crippen molar-refractivity contribution in [2.75, 3.05) is 44.9 Å². The Morgan fingerprint density at radius 3 is 2.78 bits per heavy atom. The molecule has 2 aliphatic heterocycles. The van der Waals surface area contributed by atoms with Crippen molar-refractivity contribution in [3.63, 3.8) is 0 Å². The molecule has 3 amide bonds. The number of hydrogen-bond acceptors (Lipinski definition) is 7. The second kappa shape index (κ2) is 10.7. The van der Waals surface area contributed by atoms with Crippen molar-refractivity contribution in [2.45, 2.75) is 31.9 Å². The fraction of sp³-hybridized carbons (Fsp3) is 0.462. The van der Waals surface area contributed by atoms with E-state index < -0.39 is 17.8 Å². The summed E-state index contributed by atoms with van der Waals surface area (Å²) in [5, 5.41) is 2.65. The molecule has 1 atom stereocenters. The number of methoxy groups -OCH3 is 1. The van der Waals surface area contributed by atoms with Crippen LogP contribution in [0.15, 0.2) is 30.5 Å². The lowest BCUT2D eigenvalue weighted by molar-refractivity contribution is -0.123. The maximum absolute atomic E-state index is 15.0. The van der Waals surface area contributed by atoms with E-state index in [4.69, 9.17) is 14.2 Å². The summed E-state index contributed by atoms with van der Waals surface area (Å²) in [5.74, 6) is -0.155. The van der Waals surface area contributed by atoms with E-state index in [1.54, 1.807) is 12.1 Å². The number of amides is 3. The summed E-state index contributed by atoms with van der Waals surface area (Å²) in [5.41, 5.74) is 0.657. The van der Waals surface area contributed by atoms with Gasteiger partial charge in [0.05, 0.1) is 26.0 Å². The summed E-state index contributed by atoms with van der Waals surface area (Å²) in [7, 11) is 1.52. The van der Waals surface area contributed by atoms with Gasteiger partial charge in [-0.1, -0.05) is 0 Å². The normalized spacial score (nSPS) is 18.8. The van der Waals surface area contributed by atoms with Gasteiger partial charge in [0.2, 0.25) is 11.8 Å². The van der Waals surface area contributed by atoms with Crippen LogP contribution in [-0.4, -0.2) is 73.7 Å². The van der Waals surface area contributed by atoms with Crippen molar-refractivity contribution < 1.29 is 33.0 Å². The topological polar surface area (TPSA) is 110 Å². The molecule has 3 heterocycles. The Bertz CT molecular complexity index is 1190. The highest BCUT2D eigenvalue weighted by Gasteiger charge is 2.37. The number of rotatable bonds is 11. The number of pyridine rings is 1. The predicted octanol–water partition coefficient (Wildman–Crippen LogP) is 1.91. The van der Waals surface area contributed by atoms with Crippen molar-refractivity contribution in [2.24, 2.45) is 5.92 Å². The van der Waals surface area contributed by atoms with E-state index in [9.17, 15) is 18.8 Å². The van der Waals surface area contributed by atoms with Gasteiger partial charge in [-0.15, -0.1) is 0 Å². The molecule has 1 aliphatic carbocycles. The molecular weight excluding hydrogens is 483 g/mol. The van der Waals surface area contributed by atoms with Crippen LogP contribution in [0.25, 0.3) is 0 Å². The summed E-state index contributed by atoms with van der Waals surface area (Å²) < 4.78 is 31.3. The molecule has 1 N–H and O–H groups in total. The van der Waals surface area contributed by atoms with Crippen LogP contribution in [0, 0.1) is 11.7 Å². The summed E-state index contributed by atoms with van der Waals surface area (Å²) in [6.07, 6.45) is 3.55. The zero-order valence-electron chi connectivity index (χ0n) is 20.6. The number of nitrogens with one attached hydrogen (secondary N) is 1. The molecule has 2 aromatic rings. The summed E-state index contributed by atoms with van der Waals surface area (Å²) >= 11 is 0. The molecule has 11 heteroatoms. The van der Waals surface area contributed by atoms with Gasteiger partial charge in [-0.05, 0) is 37.0 Å². The molecule has 1 aromatic heterocycles. The van der Waals surface area contributed by atoms with Gasteiger partial charge < -0.3 is 29.3 Å². The molecule has 1 saturated heterocycles. The second-order valence-electron chi connectivity index (χ2n) is 9.43. The Hall–Kier alpha value is -3.73. The van der Waals surface area contributed by atoms with Crippen LogP contribution in [0.2, 0.25) is 0 Å². The van der Waals surface area contributed by atoms with Crippen molar-refractivity contribution >= 4 is 23.4 Å². The molecule has 0 bridgehead atoms. The zero-order chi connectivity index (χ0) is 25.9. The Morgan fingerprint density at radius 1 is 1.22 bits per heavy atom. The number of carbonyl (C=O) groups excluding carboxylic acids is 3. The van der Waals surface area contributed by atoms with Gasteiger partial charge in [-0.2, -0.15) is 0 Å². The summed E-state index contributed by atoms with van der Waals surface area (Å²) in [6, 6.07) is 6.18. The molecule has 10 nitrogen and oxygen atoms in total. The number of anilines is 1. The Labute approximate surface area is 213 Å². The average Bonchev–Trinajstić information content (AvgIpc) is 3.58. The van der Waals surface area contributed by atoms with E-state index in [1.807, 2.05) is 0 Å². The molecule has 5 rings (SSSR count). The molecule has 1 aromatic carbocycles. The van der Waals surface area contributed by atoms with E-state index in [0.29, 0.717) is 50.3 Å². The monoisotopic (exact) mass is 512 g/mol. The van der Waals surface area contributed by atoms with Crippen LogP contribution in [0.4, 0.5) is 10.1 Å². The van der Waals surface area contributed by atoms with Crippen LogP contribution in [0.1, 0.15) is 35.2 Å². The number of nitrogens with zero attached hydrogens (tertiary/aromatic N) is 3. The van der Waals surface area contributed by atoms with Gasteiger partial charge in [-0.3, -0.25) is 14.4 Å². The lowest BCUT2D eigenvalue weighted by atomic mass is 10.1. The standard InChI is InChI=1S/C26H29FN4O6/c1-35-9-7-28-23(32)14-30-13-20-19(25(30)33)10-17(11-21(20)27)31-8-6-22(26(31)34)37-18-4-5-24(29-12-18)36-15-16-2-3-16/h4-5,10-12,16,22H,2-3,6-9,13-15H2,1H3,(H,28,32)/t22-/m1/s1. The largest absolute Gasteiger partial charge is 0.479 e. The zero-order valence-corrected chi connectivity index (χ0v) is 20.6. The highest BCUT2D eigenvalue weighted by atomic mass is 19.1. The van der Waals surface area contributed by atoms with E-state index in [-0.39, 0.29) is 41.7 Å². The first-order valence-electron chi connectivity index (χ1n) is 12.4. The fourth-order valence-corrected chi connectivity index (χ4v) is 4.41.